The topological polar surface area (TPSA) is 107 Å². The van der Waals surface area contributed by atoms with E-state index in [1.54, 1.807) is 6.08 Å². The minimum atomic E-state index is -3.46. The first-order valence-corrected chi connectivity index (χ1v) is 13.4. The van der Waals surface area contributed by atoms with Gasteiger partial charge in [0, 0.05) is 47.8 Å². The Kier molecular flexibility index (Phi) is 8.91. The fraction of sp³-hybridized carbons (Fsp3) is 0.292. The zero-order chi connectivity index (χ0) is 24.6. The highest BCUT2D eigenvalue weighted by Crippen LogP contribution is 2.26. The van der Waals surface area contributed by atoms with Crippen molar-refractivity contribution in [1.29, 1.82) is 0 Å². The molecule has 34 heavy (non-hydrogen) atoms. The van der Waals surface area contributed by atoms with Crippen molar-refractivity contribution >= 4 is 38.2 Å². The summed E-state index contributed by atoms with van der Waals surface area (Å²) in [4.78, 5) is 30.1. The summed E-state index contributed by atoms with van der Waals surface area (Å²) in [7, 11) is -3.46. The number of aromatic nitrogens is 2. The van der Waals surface area contributed by atoms with E-state index in [1.165, 1.54) is 29.8 Å². The fourth-order valence-electron chi connectivity index (χ4n) is 3.28. The number of thiazole rings is 1. The van der Waals surface area contributed by atoms with Crippen LogP contribution in [-0.2, 0) is 19.6 Å². The molecule has 3 rings (SSSR count). The van der Waals surface area contributed by atoms with Crippen LogP contribution in [0.4, 0.5) is 5.13 Å². The van der Waals surface area contributed by atoms with Crippen molar-refractivity contribution in [3.63, 3.8) is 0 Å². The third-order valence-corrected chi connectivity index (χ3v) is 6.86. The van der Waals surface area contributed by atoms with E-state index < -0.39 is 15.9 Å². The molecule has 1 amide bonds. The van der Waals surface area contributed by atoms with Crippen molar-refractivity contribution in [2.45, 2.75) is 19.3 Å². The molecule has 3 aromatic rings. The van der Waals surface area contributed by atoms with Crippen molar-refractivity contribution in [3.05, 3.63) is 72.4 Å². The fourth-order valence-corrected chi connectivity index (χ4v) is 4.59. The normalized spacial score (nSPS) is 12.3. The molecule has 10 heteroatoms. The van der Waals surface area contributed by atoms with E-state index in [0.717, 1.165) is 21.5 Å². The van der Waals surface area contributed by atoms with E-state index in [9.17, 15) is 18.0 Å². The summed E-state index contributed by atoms with van der Waals surface area (Å²) in [6.07, 6.45) is 6.14. The minimum absolute atomic E-state index is 0.0977. The van der Waals surface area contributed by atoms with Crippen LogP contribution in [0.2, 0.25) is 0 Å². The van der Waals surface area contributed by atoms with Gasteiger partial charge in [-0.3, -0.25) is 13.6 Å². The summed E-state index contributed by atoms with van der Waals surface area (Å²) in [6, 6.07) is 11.1. The largest absolute Gasteiger partial charge is 0.377 e. The van der Waals surface area contributed by atoms with Crippen LogP contribution in [0, 0.1) is 5.92 Å². The number of hydrogen-bond donors (Lipinski definition) is 1. The monoisotopic (exact) mass is 501 g/mol. The number of rotatable bonds is 13. The van der Waals surface area contributed by atoms with E-state index in [1.807, 2.05) is 35.7 Å². The summed E-state index contributed by atoms with van der Waals surface area (Å²) in [6.45, 7) is 4.32. The number of nitrogens with zero attached hydrogens (tertiary/aromatic N) is 2. The molecular weight excluding hydrogens is 474 g/mol. The average Bonchev–Trinajstić information content (AvgIpc) is 3.49. The highest BCUT2D eigenvalue weighted by molar-refractivity contribution is 7.89. The third-order valence-electron chi connectivity index (χ3n) is 5.11. The Labute approximate surface area is 203 Å². The highest BCUT2D eigenvalue weighted by atomic mass is 32.2. The second-order valence-corrected chi connectivity index (χ2v) is 10.4. The molecule has 0 bridgehead atoms. The Morgan fingerprint density at radius 3 is 2.68 bits per heavy atom. The van der Waals surface area contributed by atoms with Crippen molar-refractivity contribution in [2.24, 2.45) is 5.92 Å². The van der Waals surface area contributed by atoms with Crippen LogP contribution in [0.15, 0.2) is 66.8 Å². The standard InChI is InChI=1S/C24H27N3O5S2/c1-3-14-32-15-12-19(9-10-22(28)20-11-13-27(16-20)34(2,30)31)23(29)26-24-25-21(17-33-24)18-7-5-4-6-8-18/h3-8,11,13,16-17,19H,1,9-10,12,14-15H2,2H3,(H,25,26,29)/t19-/m0/s1. The number of anilines is 1. The lowest BCUT2D eigenvalue weighted by molar-refractivity contribution is -0.120. The van der Waals surface area contributed by atoms with E-state index in [4.69, 9.17) is 4.74 Å². The highest BCUT2D eigenvalue weighted by Gasteiger charge is 2.22. The van der Waals surface area contributed by atoms with Gasteiger partial charge in [0.05, 0.1) is 18.6 Å². The van der Waals surface area contributed by atoms with Gasteiger partial charge in [-0.2, -0.15) is 0 Å². The van der Waals surface area contributed by atoms with E-state index in [0.29, 0.717) is 36.8 Å². The molecule has 1 aromatic carbocycles. The van der Waals surface area contributed by atoms with Gasteiger partial charge in [-0.1, -0.05) is 36.4 Å². The van der Waals surface area contributed by atoms with Crippen LogP contribution in [0.5, 0.6) is 0 Å². The Hall–Kier alpha value is -3.08. The molecular formula is C24H27N3O5S2. The summed E-state index contributed by atoms with van der Waals surface area (Å²) in [5.74, 6) is -0.944. The number of benzene rings is 1. The van der Waals surface area contributed by atoms with Gasteiger partial charge in [-0.15, -0.1) is 17.9 Å². The number of ether oxygens (including phenoxy) is 1. The van der Waals surface area contributed by atoms with E-state index in [-0.39, 0.29) is 18.1 Å². The maximum absolute atomic E-state index is 13.0. The van der Waals surface area contributed by atoms with Crippen LogP contribution in [0.1, 0.15) is 29.6 Å². The Morgan fingerprint density at radius 1 is 1.24 bits per heavy atom. The molecule has 1 atom stereocenters. The summed E-state index contributed by atoms with van der Waals surface area (Å²) < 4.78 is 29.7. The Balaban J connectivity index is 1.64. The molecule has 180 valence electrons. The van der Waals surface area contributed by atoms with Crippen LogP contribution < -0.4 is 5.32 Å². The number of ketones is 1. The lowest BCUT2D eigenvalue weighted by Gasteiger charge is -2.15. The molecule has 0 fully saturated rings. The van der Waals surface area contributed by atoms with Gasteiger partial charge in [0.15, 0.2) is 10.9 Å². The van der Waals surface area contributed by atoms with Crippen molar-refractivity contribution in [2.75, 3.05) is 24.8 Å². The second-order valence-electron chi connectivity index (χ2n) is 7.70. The predicted molar refractivity (Wildman–Crippen MR) is 134 cm³/mol. The molecule has 2 aromatic heterocycles. The molecule has 0 saturated heterocycles. The van der Waals surface area contributed by atoms with E-state index in [2.05, 4.69) is 16.9 Å². The first-order valence-electron chi connectivity index (χ1n) is 10.7. The maximum atomic E-state index is 13.0. The lowest BCUT2D eigenvalue weighted by atomic mass is 9.96. The number of nitrogens with one attached hydrogen (secondary N) is 1. The minimum Gasteiger partial charge on any atom is -0.377 e. The van der Waals surface area contributed by atoms with Gasteiger partial charge >= 0.3 is 0 Å². The number of carbonyl (C=O) groups is 2. The average molecular weight is 502 g/mol. The predicted octanol–water partition coefficient (Wildman–Crippen LogP) is 4.23. The first-order chi connectivity index (χ1) is 16.3. The molecule has 2 heterocycles. The third kappa shape index (κ3) is 7.21. The van der Waals surface area contributed by atoms with Gasteiger partial charge in [0.25, 0.3) is 0 Å². The quantitative estimate of drug-likeness (QED) is 0.213. The molecule has 0 radical (unpaired) electrons. The van der Waals surface area contributed by atoms with Gasteiger partial charge in [0.2, 0.25) is 15.9 Å². The van der Waals surface area contributed by atoms with E-state index >= 15 is 0 Å². The van der Waals surface area contributed by atoms with Gasteiger partial charge in [0.1, 0.15) is 0 Å². The van der Waals surface area contributed by atoms with Gasteiger partial charge in [-0.05, 0) is 18.9 Å². The number of hydrogen-bond acceptors (Lipinski definition) is 7. The van der Waals surface area contributed by atoms with Gasteiger partial charge < -0.3 is 10.1 Å². The van der Waals surface area contributed by atoms with Crippen molar-refractivity contribution in [3.8, 4) is 11.3 Å². The van der Waals surface area contributed by atoms with Crippen LogP contribution in [-0.4, -0.2) is 48.5 Å². The SMILES string of the molecule is C=CCOCC[C@H](CCC(=O)c1ccn(S(C)(=O)=O)c1)C(=O)Nc1nc(-c2ccccc2)cs1. The smallest absolute Gasteiger partial charge is 0.235 e. The van der Waals surface area contributed by atoms with Crippen molar-refractivity contribution < 1.29 is 22.7 Å². The molecule has 0 aliphatic heterocycles. The Bertz CT molecular complexity index is 1230. The molecule has 0 saturated carbocycles. The van der Waals surface area contributed by atoms with Crippen LogP contribution >= 0.6 is 11.3 Å². The summed E-state index contributed by atoms with van der Waals surface area (Å²) in [5, 5.41) is 5.22. The molecule has 8 nitrogen and oxygen atoms in total. The molecule has 0 unspecified atom stereocenters. The first kappa shape index (κ1) is 25.5. The maximum Gasteiger partial charge on any atom is 0.235 e. The number of carbonyl (C=O) groups excluding carboxylic acids is 2. The second kappa shape index (κ2) is 11.9. The van der Waals surface area contributed by atoms with Gasteiger partial charge in [-0.25, -0.2) is 13.4 Å². The Morgan fingerprint density at radius 2 is 2.00 bits per heavy atom. The summed E-state index contributed by atoms with van der Waals surface area (Å²) >= 11 is 1.33. The summed E-state index contributed by atoms with van der Waals surface area (Å²) in [5.41, 5.74) is 2.03. The molecule has 0 aliphatic carbocycles. The molecule has 0 spiro atoms. The number of amides is 1. The van der Waals surface area contributed by atoms with Crippen LogP contribution in [0.3, 0.4) is 0 Å². The zero-order valence-corrected chi connectivity index (χ0v) is 20.5. The van der Waals surface area contributed by atoms with Crippen LogP contribution in [0.25, 0.3) is 11.3 Å². The lowest BCUT2D eigenvalue weighted by Crippen LogP contribution is -2.25. The molecule has 0 aliphatic rings. The van der Waals surface area contributed by atoms with Crippen molar-refractivity contribution in [1.82, 2.24) is 8.96 Å². The number of Topliss-reactive ketones (excluding diaryl/α,β-unsaturated/α-hetero) is 1. The zero-order valence-electron chi connectivity index (χ0n) is 18.8. The molecule has 1 N–H and O–H groups in total.